The molecule has 0 atom stereocenters. The molecule has 0 aromatic rings. The van der Waals surface area contributed by atoms with Crippen LogP contribution in [-0.4, -0.2) is 13.3 Å². The Morgan fingerprint density at radius 1 is 1.58 bits per heavy atom. The van der Waals surface area contributed by atoms with Crippen LogP contribution in [0.4, 0.5) is 0 Å². The van der Waals surface area contributed by atoms with Crippen LogP contribution in [0.15, 0.2) is 21.5 Å². The van der Waals surface area contributed by atoms with Crippen molar-refractivity contribution in [3.8, 4) is 0 Å². The van der Waals surface area contributed by atoms with Crippen LogP contribution >= 0.6 is 38.8 Å². The van der Waals surface area contributed by atoms with E-state index in [0.29, 0.717) is 15.8 Å². The van der Waals surface area contributed by atoms with Crippen LogP contribution in [0.5, 0.6) is 0 Å². The molecule has 0 bridgehead atoms. The highest BCUT2D eigenvalue weighted by Gasteiger charge is 2.20. The fourth-order valence-corrected chi connectivity index (χ4v) is 2.95. The highest BCUT2D eigenvalue weighted by molar-refractivity contribution is 9.11. The van der Waals surface area contributed by atoms with Crippen LogP contribution < -0.4 is 0 Å². The predicted octanol–water partition coefficient (Wildman–Crippen LogP) is 2.49. The van der Waals surface area contributed by atoms with Crippen LogP contribution in [0.3, 0.4) is 0 Å². The summed E-state index contributed by atoms with van der Waals surface area (Å²) in [6.07, 6.45) is 3.63. The van der Waals surface area contributed by atoms with E-state index >= 15 is 0 Å². The van der Waals surface area contributed by atoms with Gasteiger partial charge in [0.25, 0.3) is 9.05 Å². The fraction of sp³-hybridized carbons (Fsp3) is 0.167. The first-order valence-electron chi connectivity index (χ1n) is 2.96. The predicted molar refractivity (Wildman–Crippen MR) is 57.1 cm³/mol. The first kappa shape index (κ1) is 10.4. The summed E-state index contributed by atoms with van der Waals surface area (Å²) >= 11 is 7.98. The maximum absolute atomic E-state index is 10.9. The van der Waals surface area contributed by atoms with Crippen LogP contribution in [0, 0.1) is 0 Å². The van der Waals surface area contributed by atoms with Gasteiger partial charge in [0.2, 0.25) is 0 Å². The van der Waals surface area contributed by atoms with E-state index in [0.717, 1.165) is 0 Å². The van der Waals surface area contributed by atoms with Crippen molar-refractivity contribution in [3.63, 3.8) is 0 Å². The summed E-state index contributed by atoms with van der Waals surface area (Å²) in [5.41, 5.74) is 0. The van der Waals surface area contributed by atoms with Gasteiger partial charge in [0.15, 0.2) is 0 Å². The van der Waals surface area contributed by atoms with Gasteiger partial charge in [-0.05, 0) is 6.08 Å². The van der Waals surface area contributed by atoms with Gasteiger partial charge in [-0.2, -0.15) is 0 Å². The molecule has 0 spiro atoms. The minimum atomic E-state index is -3.69. The highest BCUT2D eigenvalue weighted by Crippen LogP contribution is 2.25. The Labute approximate surface area is 88.8 Å². The SMILES string of the molecule is O=S(=O)(Cl)C1=CC(Br)=CCC1=S. The molecule has 6 heteroatoms. The molecule has 0 saturated carbocycles. The zero-order valence-corrected chi connectivity index (χ0v) is 9.73. The summed E-state index contributed by atoms with van der Waals surface area (Å²) in [5, 5.41) is 0. The number of allylic oxidation sites excluding steroid dienone is 4. The number of halogens is 2. The zero-order valence-electron chi connectivity index (χ0n) is 5.75. The van der Waals surface area contributed by atoms with E-state index in [-0.39, 0.29) is 4.91 Å². The van der Waals surface area contributed by atoms with E-state index in [4.69, 9.17) is 22.9 Å². The van der Waals surface area contributed by atoms with E-state index < -0.39 is 9.05 Å². The summed E-state index contributed by atoms with van der Waals surface area (Å²) in [4.78, 5) is 0.377. The summed E-state index contributed by atoms with van der Waals surface area (Å²) in [5.74, 6) is 0. The number of hydrogen-bond acceptors (Lipinski definition) is 3. The fourth-order valence-electron chi connectivity index (χ4n) is 0.762. The normalized spacial score (nSPS) is 18.7. The second kappa shape index (κ2) is 3.57. The van der Waals surface area contributed by atoms with Crippen molar-refractivity contribution < 1.29 is 8.42 Å². The summed E-state index contributed by atoms with van der Waals surface area (Å²) < 4.78 is 22.5. The van der Waals surface area contributed by atoms with E-state index in [9.17, 15) is 8.42 Å². The summed E-state index contributed by atoms with van der Waals surface area (Å²) in [6.45, 7) is 0. The number of thiocarbonyl (C=S) groups is 1. The molecule has 0 N–H and O–H groups in total. The third-order valence-corrected chi connectivity index (χ3v) is 3.75. The lowest BCUT2D eigenvalue weighted by molar-refractivity contribution is 0.616. The molecule has 0 amide bonds. The highest BCUT2D eigenvalue weighted by atomic mass is 79.9. The van der Waals surface area contributed by atoms with Crippen molar-refractivity contribution in [2.45, 2.75) is 6.42 Å². The lowest BCUT2D eigenvalue weighted by Gasteiger charge is -2.08. The van der Waals surface area contributed by atoms with Gasteiger partial charge in [0.05, 0.1) is 4.91 Å². The molecule has 0 aliphatic heterocycles. The molecular formula is C6H4BrClO2S2. The maximum Gasteiger partial charge on any atom is 0.262 e. The Balaban J connectivity index is 3.20. The average molecular weight is 288 g/mol. The number of hydrogen-bond donors (Lipinski definition) is 0. The van der Waals surface area contributed by atoms with Gasteiger partial charge in [-0.1, -0.05) is 34.2 Å². The van der Waals surface area contributed by atoms with Crippen LogP contribution in [-0.2, 0) is 9.05 Å². The Morgan fingerprint density at radius 3 is 2.58 bits per heavy atom. The topological polar surface area (TPSA) is 34.1 Å². The van der Waals surface area contributed by atoms with Gasteiger partial charge in [0, 0.05) is 26.5 Å². The van der Waals surface area contributed by atoms with Crippen molar-refractivity contribution in [2.24, 2.45) is 0 Å². The van der Waals surface area contributed by atoms with Crippen molar-refractivity contribution in [3.05, 3.63) is 21.5 Å². The first-order chi connectivity index (χ1) is 5.41. The van der Waals surface area contributed by atoms with E-state index in [1.54, 1.807) is 6.08 Å². The van der Waals surface area contributed by atoms with Gasteiger partial charge in [-0.15, -0.1) is 0 Å². The minimum Gasteiger partial charge on any atom is -0.207 e. The Kier molecular flexibility index (Phi) is 3.09. The first-order valence-corrected chi connectivity index (χ1v) is 6.47. The van der Waals surface area contributed by atoms with Crippen LogP contribution in [0.25, 0.3) is 0 Å². The summed E-state index contributed by atoms with van der Waals surface area (Å²) in [7, 11) is 1.45. The molecule has 1 aliphatic rings. The quantitative estimate of drug-likeness (QED) is 0.549. The minimum absolute atomic E-state index is 0.0218. The van der Waals surface area contributed by atoms with Crippen molar-refractivity contribution in [1.82, 2.24) is 0 Å². The third kappa shape index (κ3) is 2.39. The molecule has 0 unspecified atom stereocenters. The second-order valence-corrected chi connectivity index (χ2v) is 6.11. The lowest BCUT2D eigenvalue weighted by atomic mass is 10.2. The monoisotopic (exact) mass is 286 g/mol. The Bertz CT molecular complexity index is 380. The molecule has 2 nitrogen and oxygen atoms in total. The van der Waals surface area contributed by atoms with Gasteiger partial charge < -0.3 is 0 Å². The summed E-state index contributed by atoms with van der Waals surface area (Å²) in [6, 6.07) is 0. The molecule has 0 aromatic heterocycles. The standard InChI is InChI=1S/C6H4BrClO2S2/c7-4-1-2-5(11)6(3-4)12(8,9)10/h1,3H,2H2. The van der Waals surface area contributed by atoms with Crippen molar-refractivity contribution in [1.29, 1.82) is 0 Å². The molecule has 66 valence electrons. The van der Waals surface area contributed by atoms with Crippen molar-refractivity contribution in [2.75, 3.05) is 0 Å². The second-order valence-electron chi connectivity index (χ2n) is 2.16. The van der Waals surface area contributed by atoms with Gasteiger partial charge >= 0.3 is 0 Å². The molecule has 0 aromatic carbocycles. The zero-order chi connectivity index (χ0) is 9.35. The largest absolute Gasteiger partial charge is 0.262 e. The van der Waals surface area contributed by atoms with Gasteiger partial charge in [-0.25, -0.2) is 8.42 Å². The Hall–Kier alpha value is 0.290. The lowest BCUT2D eigenvalue weighted by Crippen LogP contribution is -2.08. The van der Waals surface area contributed by atoms with E-state index in [1.165, 1.54) is 6.08 Å². The molecule has 0 radical (unpaired) electrons. The van der Waals surface area contributed by atoms with E-state index in [1.807, 2.05) is 0 Å². The molecule has 0 saturated heterocycles. The van der Waals surface area contributed by atoms with Gasteiger partial charge in [0.1, 0.15) is 0 Å². The third-order valence-electron chi connectivity index (χ3n) is 1.29. The number of rotatable bonds is 1. The molecule has 1 aliphatic carbocycles. The molecule has 0 fully saturated rings. The van der Waals surface area contributed by atoms with Crippen LogP contribution in [0.1, 0.15) is 6.42 Å². The van der Waals surface area contributed by atoms with E-state index in [2.05, 4.69) is 15.9 Å². The molecule has 12 heavy (non-hydrogen) atoms. The van der Waals surface area contributed by atoms with Crippen LogP contribution in [0.2, 0.25) is 0 Å². The molecule has 0 heterocycles. The molecular weight excluding hydrogens is 284 g/mol. The average Bonchev–Trinajstić information content (AvgIpc) is 1.92. The van der Waals surface area contributed by atoms with Gasteiger partial charge in [-0.3, -0.25) is 0 Å². The smallest absolute Gasteiger partial charge is 0.207 e. The Morgan fingerprint density at radius 2 is 2.17 bits per heavy atom. The van der Waals surface area contributed by atoms with Crippen molar-refractivity contribution >= 4 is 52.7 Å². The molecule has 1 rings (SSSR count). The maximum atomic E-state index is 10.9.